The molecule has 4 N–H and O–H groups in total. The van der Waals surface area contributed by atoms with Crippen molar-refractivity contribution in [3.05, 3.63) is 88.8 Å². The van der Waals surface area contributed by atoms with Crippen molar-refractivity contribution in [3.8, 4) is 5.75 Å². The number of carbonyl (C=O) groups excluding carboxylic acids is 3. The number of rotatable bonds is 13. The van der Waals surface area contributed by atoms with Gasteiger partial charge in [0.1, 0.15) is 30.2 Å². The van der Waals surface area contributed by atoms with Crippen molar-refractivity contribution in [1.82, 2.24) is 20.0 Å². The summed E-state index contributed by atoms with van der Waals surface area (Å²) in [6.07, 6.45) is 13.2. The van der Waals surface area contributed by atoms with Crippen molar-refractivity contribution in [2.75, 3.05) is 53.9 Å². The molecule has 0 bridgehead atoms. The van der Waals surface area contributed by atoms with Crippen molar-refractivity contribution >= 4 is 36.2 Å². The lowest BCUT2D eigenvalue weighted by Gasteiger charge is -2.35. The van der Waals surface area contributed by atoms with Crippen LogP contribution in [-0.2, 0) is 14.3 Å². The van der Waals surface area contributed by atoms with Crippen LogP contribution in [0.15, 0.2) is 88.2 Å². The second-order valence-corrected chi connectivity index (χ2v) is 12.7. The highest BCUT2D eigenvalue weighted by atomic mass is 35.5. The van der Waals surface area contributed by atoms with Crippen LogP contribution in [0.25, 0.3) is 0 Å². The van der Waals surface area contributed by atoms with E-state index in [1.165, 1.54) is 0 Å². The molecule has 324 valence electrons. The van der Waals surface area contributed by atoms with Gasteiger partial charge in [0.05, 0.1) is 23.6 Å². The molecular formula is C45H77ClN6O5. The summed E-state index contributed by atoms with van der Waals surface area (Å²) >= 11 is 6.55. The van der Waals surface area contributed by atoms with Crippen LogP contribution < -0.4 is 11.1 Å². The van der Waals surface area contributed by atoms with Gasteiger partial charge in [-0.15, -0.1) is 11.6 Å². The third-order valence-corrected chi connectivity index (χ3v) is 8.31. The summed E-state index contributed by atoms with van der Waals surface area (Å²) in [6.45, 7) is 27.2. The zero-order valence-electron chi connectivity index (χ0n) is 37.7. The number of amides is 3. The number of hydrogen-bond donors (Lipinski definition) is 3. The Morgan fingerprint density at radius 2 is 1.65 bits per heavy atom. The first kappa shape index (κ1) is 57.1. The smallest absolute Gasteiger partial charge is 0.326 e. The fourth-order valence-electron chi connectivity index (χ4n) is 5.42. The van der Waals surface area contributed by atoms with Crippen LogP contribution in [0.2, 0.25) is 0 Å². The lowest BCUT2D eigenvalue weighted by molar-refractivity contribution is -0.124. The molecule has 3 amide bonds. The normalized spacial score (nSPS) is 16.2. The lowest BCUT2D eigenvalue weighted by Crippen LogP contribution is -2.50. The number of benzene rings is 1. The molecular weight excluding hydrogens is 740 g/mol. The van der Waals surface area contributed by atoms with Crippen LogP contribution in [0.3, 0.4) is 0 Å². The van der Waals surface area contributed by atoms with Gasteiger partial charge in [0.25, 0.3) is 0 Å². The first-order valence-electron chi connectivity index (χ1n) is 20.4. The Labute approximate surface area is 351 Å². The molecule has 12 heteroatoms. The second kappa shape index (κ2) is 35.0. The molecule has 0 radical (unpaired) electrons. The van der Waals surface area contributed by atoms with Gasteiger partial charge in [-0.05, 0) is 96.9 Å². The second-order valence-electron chi connectivity index (χ2n) is 12.2. The molecule has 3 rings (SSSR count). The average Bonchev–Trinajstić information content (AvgIpc) is 3.50. The maximum atomic E-state index is 14.5. The third-order valence-electron chi connectivity index (χ3n) is 7.99. The van der Waals surface area contributed by atoms with Gasteiger partial charge in [0.2, 0.25) is 5.91 Å². The molecule has 1 aliphatic heterocycles. The quantitative estimate of drug-likeness (QED) is 0.133. The number of halogens is 1. The Hall–Kier alpha value is -4.19. The maximum absolute atomic E-state index is 14.5. The zero-order chi connectivity index (χ0) is 44.5. The van der Waals surface area contributed by atoms with Gasteiger partial charge < -0.3 is 35.5 Å². The average molecular weight is 818 g/mol. The molecule has 1 heterocycles. The number of amidine groups is 1. The first-order chi connectivity index (χ1) is 27.4. The van der Waals surface area contributed by atoms with E-state index in [9.17, 15) is 14.7 Å². The summed E-state index contributed by atoms with van der Waals surface area (Å²) in [5.41, 5.74) is 7.93. The number of aliphatic imine (C=N–C) groups is 1. The topological polar surface area (TPSA) is 141 Å². The molecule has 0 saturated carbocycles. The standard InChI is InChI=1S/C35H47ClN4O4.C3H9N.C2H7N.2C2H6.CH2O/c1-8-12-27(36)18-13-24(5)32-31(25-14-19-28(41)20-15-25)37-33(40(32)35(43)39(10-3)23-9-2)29-21-16-26(34(42)38(6)7)17-22-30(29)44-11-4;1-3-4-2;1-2-3;3*1-2/h8,12-15,17,19-22,27,31-32,41H,9-11,16,18,23H2,1-7H3;4H,3H2,1-2H3;2-3H2,1H3;2*1-2H3;1H2/b12-8-,24-13+;;;;;. The van der Waals surface area contributed by atoms with Crippen molar-refractivity contribution in [3.63, 3.8) is 0 Å². The summed E-state index contributed by atoms with van der Waals surface area (Å²) in [5.74, 6) is 1.10. The SMILES string of the molecule is C/C=C\C(Cl)C/C=C(\C)C1C(c2ccc(O)cc2)N=C(C2=CCC(C(=O)N(C)C)=CC=C2OCC)N1C(=O)N(CC)CCC.C=O.CC.CC.CCN.CCNC. The van der Waals surface area contributed by atoms with E-state index >= 15 is 0 Å². The first-order valence-corrected chi connectivity index (χ1v) is 20.8. The number of phenolic OH excluding ortho intramolecular Hbond substituents is 1. The highest BCUT2D eigenvalue weighted by Gasteiger charge is 2.45. The van der Waals surface area contributed by atoms with Gasteiger partial charge >= 0.3 is 6.03 Å². The number of nitrogens with one attached hydrogen (secondary N) is 1. The van der Waals surface area contributed by atoms with Crippen LogP contribution >= 0.6 is 11.6 Å². The number of nitrogens with two attached hydrogens (primary N) is 1. The van der Waals surface area contributed by atoms with Gasteiger partial charge in [0, 0.05) is 32.8 Å². The Morgan fingerprint density at radius 1 is 1.09 bits per heavy atom. The molecule has 3 atom stereocenters. The third kappa shape index (κ3) is 19.7. The maximum Gasteiger partial charge on any atom is 0.326 e. The minimum Gasteiger partial charge on any atom is -0.508 e. The number of allylic oxidation sites excluding steroid dienone is 6. The Balaban J connectivity index is -0.00000199. The Bertz CT molecular complexity index is 1430. The Morgan fingerprint density at radius 3 is 2.11 bits per heavy atom. The number of aromatic hydroxyl groups is 1. The molecule has 1 aliphatic carbocycles. The molecule has 57 heavy (non-hydrogen) atoms. The zero-order valence-corrected chi connectivity index (χ0v) is 38.4. The van der Waals surface area contributed by atoms with Crippen LogP contribution in [0.4, 0.5) is 4.79 Å². The van der Waals surface area contributed by atoms with Gasteiger partial charge in [-0.25, -0.2) is 4.79 Å². The summed E-state index contributed by atoms with van der Waals surface area (Å²) in [7, 11) is 5.38. The largest absolute Gasteiger partial charge is 0.508 e. The highest BCUT2D eigenvalue weighted by Crippen LogP contribution is 2.40. The van der Waals surface area contributed by atoms with Crippen molar-refractivity contribution in [2.24, 2.45) is 10.7 Å². The van der Waals surface area contributed by atoms with Crippen LogP contribution in [-0.4, -0.2) is 110 Å². The molecule has 3 unspecified atom stereocenters. The van der Waals surface area contributed by atoms with E-state index in [0.717, 1.165) is 30.6 Å². The molecule has 0 fully saturated rings. The van der Waals surface area contributed by atoms with E-state index in [1.54, 1.807) is 48.2 Å². The minimum absolute atomic E-state index is 0.0913. The van der Waals surface area contributed by atoms with Gasteiger partial charge in [-0.1, -0.05) is 90.5 Å². The minimum atomic E-state index is -0.454. The predicted octanol–water partition coefficient (Wildman–Crippen LogP) is 9.21. The summed E-state index contributed by atoms with van der Waals surface area (Å²) in [4.78, 5) is 45.9. The van der Waals surface area contributed by atoms with Crippen LogP contribution in [0.5, 0.6) is 5.75 Å². The molecule has 1 aromatic rings. The molecule has 0 aromatic heterocycles. The van der Waals surface area contributed by atoms with E-state index in [0.29, 0.717) is 55.3 Å². The number of likely N-dealkylation sites (N-methyl/N-ethyl adjacent to an activating group) is 1. The number of alkyl halides is 1. The fourth-order valence-corrected chi connectivity index (χ4v) is 5.66. The number of nitrogens with zero attached hydrogens (tertiary/aromatic N) is 4. The van der Waals surface area contributed by atoms with E-state index in [4.69, 9.17) is 31.9 Å². The summed E-state index contributed by atoms with van der Waals surface area (Å²) in [6, 6.07) is 5.91. The predicted molar refractivity (Wildman–Crippen MR) is 243 cm³/mol. The lowest BCUT2D eigenvalue weighted by atomic mass is 9.93. The van der Waals surface area contributed by atoms with Crippen molar-refractivity contribution in [2.45, 2.75) is 113 Å². The fraction of sp³-hybridized carbons (Fsp3) is 0.556. The number of urea groups is 1. The Kier molecular flexibility index (Phi) is 35.1. The number of hydrogen-bond acceptors (Lipinski definition) is 8. The van der Waals surface area contributed by atoms with Gasteiger partial charge in [-0.2, -0.15) is 0 Å². The van der Waals surface area contributed by atoms with E-state index < -0.39 is 12.1 Å². The molecule has 1 aromatic carbocycles. The van der Waals surface area contributed by atoms with E-state index in [2.05, 4.69) is 25.2 Å². The van der Waals surface area contributed by atoms with Crippen LogP contribution in [0, 0.1) is 0 Å². The van der Waals surface area contributed by atoms with E-state index in [-0.39, 0.29) is 23.1 Å². The number of ether oxygens (including phenoxy) is 1. The highest BCUT2D eigenvalue weighted by molar-refractivity contribution is 6.21. The molecule has 0 saturated heterocycles. The monoisotopic (exact) mass is 817 g/mol. The van der Waals surface area contributed by atoms with E-state index in [1.807, 2.05) is 111 Å². The molecule has 0 spiro atoms. The number of phenols is 1. The molecule has 11 nitrogen and oxygen atoms in total. The summed E-state index contributed by atoms with van der Waals surface area (Å²) in [5, 5.41) is 12.8. The van der Waals surface area contributed by atoms with Gasteiger partial charge in [-0.3, -0.25) is 14.7 Å². The van der Waals surface area contributed by atoms with Gasteiger partial charge in [0.15, 0.2) is 0 Å². The number of carbonyl (C=O) groups is 3. The van der Waals surface area contributed by atoms with Crippen LogP contribution in [0.1, 0.15) is 107 Å². The van der Waals surface area contributed by atoms with Crippen molar-refractivity contribution < 1.29 is 24.2 Å². The molecule has 2 aliphatic rings. The van der Waals surface area contributed by atoms with Crippen molar-refractivity contribution in [1.29, 1.82) is 0 Å². The summed E-state index contributed by atoms with van der Waals surface area (Å²) < 4.78 is 6.12.